The third-order valence-corrected chi connectivity index (χ3v) is 4.76. The predicted molar refractivity (Wildman–Crippen MR) is 62.6 cm³/mol. The number of rotatable bonds is 5. The van der Waals surface area contributed by atoms with Crippen LogP contribution in [0.1, 0.15) is 9.75 Å². The lowest BCUT2D eigenvalue weighted by Crippen LogP contribution is -2.43. The summed E-state index contributed by atoms with van der Waals surface area (Å²) >= 11 is 1.31. The maximum Gasteiger partial charge on any atom is 0.324 e. The molecule has 1 heterocycles. The van der Waals surface area contributed by atoms with E-state index < -0.39 is 28.6 Å². The molecule has 8 heteroatoms. The average Bonchev–Trinajstić information content (AvgIpc) is 2.54. The third kappa shape index (κ3) is 3.25. The Kier molecular flexibility index (Phi) is 4.26. The van der Waals surface area contributed by atoms with E-state index in [1.165, 1.54) is 17.4 Å². The first-order chi connectivity index (χ1) is 7.77. The SMILES string of the molecule is Cc1cc(S(=O)(=O)N[C@H](CO)C(=O)O)c(C)s1. The van der Waals surface area contributed by atoms with Crippen molar-refractivity contribution in [1.29, 1.82) is 0 Å². The van der Waals surface area contributed by atoms with E-state index in [-0.39, 0.29) is 4.90 Å². The summed E-state index contributed by atoms with van der Waals surface area (Å²) in [5.41, 5.74) is 0. The van der Waals surface area contributed by atoms with Crippen molar-refractivity contribution in [3.8, 4) is 0 Å². The number of nitrogens with one attached hydrogen (secondary N) is 1. The lowest BCUT2D eigenvalue weighted by molar-refractivity contribution is -0.139. The van der Waals surface area contributed by atoms with Crippen LogP contribution in [0.25, 0.3) is 0 Å². The molecule has 1 aromatic rings. The van der Waals surface area contributed by atoms with Gasteiger partial charge in [-0.1, -0.05) is 0 Å². The minimum Gasteiger partial charge on any atom is -0.480 e. The molecule has 17 heavy (non-hydrogen) atoms. The van der Waals surface area contributed by atoms with Crippen molar-refractivity contribution in [2.24, 2.45) is 0 Å². The molecule has 0 unspecified atom stereocenters. The number of hydrogen-bond acceptors (Lipinski definition) is 5. The van der Waals surface area contributed by atoms with Crippen LogP contribution in [0.2, 0.25) is 0 Å². The molecule has 0 aliphatic heterocycles. The molecule has 0 amide bonds. The maximum absolute atomic E-state index is 11.9. The summed E-state index contributed by atoms with van der Waals surface area (Å²) in [6, 6.07) is -0.0573. The zero-order chi connectivity index (χ0) is 13.2. The number of aliphatic hydroxyl groups excluding tert-OH is 1. The Hall–Kier alpha value is -0.960. The van der Waals surface area contributed by atoms with Crippen LogP contribution in [0.15, 0.2) is 11.0 Å². The van der Waals surface area contributed by atoms with Crippen LogP contribution < -0.4 is 4.72 Å². The zero-order valence-corrected chi connectivity index (χ0v) is 10.9. The Morgan fingerprint density at radius 3 is 2.47 bits per heavy atom. The highest BCUT2D eigenvalue weighted by atomic mass is 32.2. The van der Waals surface area contributed by atoms with Crippen LogP contribution in [0.4, 0.5) is 0 Å². The molecule has 3 N–H and O–H groups in total. The molecule has 1 atom stereocenters. The van der Waals surface area contributed by atoms with Crippen LogP contribution in [-0.2, 0) is 14.8 Å². The van der Waals surface area contributed by atoms with Crippen molar-refractivity contribution in [3.63, 3.8) is 0 Å². The standard InChI is InChI=1S/C9H13NO5S2/c1-5-3-8(6(2)16-5)17(14,15)10-7(4-11)9(12)13/h3,7,10-11H,4H2,1-2H3,(H,12,13)/t7-/m1/s1. The highest BCUT2D eigenvalue weighted by Gasteiger charge is 2.26. The molecular weight excluding hydrogens is 266 g/mol. The Labute approximate surface area is 103 Å². The van der Waals surface area contributed by atoms with Crippen molar-refractivity contribution in [3.05, 3.63) is 15.8 Å². The van der Waals surface area contributed by atoms with Gasteiger partial charge in [-0.25, -0.2) is 8.42 Å². The average molecular weight is 279 g/mol. The summed E-state index contributed by atoms with van der Waals surface area (Å²) in [5, 5.41) is 17.4. The van der Waals surface area contributed by atoms with Gasteiger partial charge in [0.05, 0.1) is 11.5 Å². The summed E-state index contributed by atoms with van der Waals surface area (Å²) in [6.45, 7) is 2.61. The van der Waals surface area contributed by atoms with Gasteiger partial charge in [-0.15, -0.1) is 11.3 Å². The molecule has 0 aliphatic carbocycles. The van der Waals surface area contributed by atoms with E-state index in [1.54, 1.807) is 13.8 Å². The van der Waals surface area contributed by atoms with E-state index in [9.17, 15) is 13.2 Å². The van der Waals surface area contributed by atoms with E-state index in [0.717, 1.165) is 4.88 Å². The molecule has 1 rings (SSSR count). The zero-order valence-electron chi connectivity index (χ0n) is 9.30. The van der Waals surface area contributed by atoms with Gasteiger partial charge in [0, 0.05) is 9.75 Å². The number of hydrogen-bond donors (Lipinski definition) is 3. The lowest BCUT2D eigenvalue weighted by Gasteiger charge is -2.11. The van der Waals surface area contributed by atoms with Gasteiger partial charge in [-0.3, -0.25) is 4.79 Å². The molecule has 0 radical (unpaired) electrons. The van der Waals surface area contributed by atoms with E-state index in [0.29, 0.717) is 4.88 Å². The normalized spacial score (nSPS) is 13.6. The third-order valence-electron chi connectivity index (χ3n) is 2.06. The lowest BCUT2D eigenvalue weighted by atomic mass is 10.3. The highest BCUT2D eigenvalue weighted by Crippen LogP contribution is 2.24. The number of carbonyl (C=O) groups is 1. The minimum absolute atomic E-state index is 0.0553. The van der Waals surface area contributed by atoms with E-state index in [1.807, 2.05) is 4.72 Å². The topological polar surface area (TPSA) is 104 Å². The van der Waals surface area contributed by atoms with Crippen molar-refractivity contribution in [2.75, 3.05) is 6.61 Å². The molecule has 0 bridgehead atoms. The minimum atomic E-state index is -3.91. The van der Waals surface area contributed by atoms with Gasteiger partial charge in [0.25, 0.3) is 0 Å². The number of thiophene rings is 1. The van der Waals surface area contributed by atoms with Gasteiger partial charge in [0.2, 0.25) is 10.0 Å². The molecule has 0 aromatic carbocycles. The first kappa shape index (κ1) is 14.1. The summed E-state index contributed by atoms with van der Waals surface area (Å²) < 4.78 is 25.7. The van der Waals surface area contributed by atoms with Crippen LogP contribution in [0.3, 0.4) is 0 Å². The molecule has 1 aromatic heterocycles. The fourth-order valence-electron chi connectivity index (χ4n) is 1.29. The number of carboxylic acids is 1. The summed E-state index contributed by atoms with van der Waals surface area (Å²) in [5.74, 6) is -1.42. The number of aliphatic hydroxyl groups is 1. The molecule has 0 saturated carbocycles. The van der Waals surface area contributed by atoms with Crippen LogP contribution in [0.5, 0.6) is 0 Å². The van der Waals surface area contributed by atoms with Crippen molar-refractivity contribution in [1.82, 2.24) is 4.72 Å². The van der Waals surface area contributed by atoms with Crippen LogP contribution >= 0.6 is 11.3 Å². The van der Waals surface area contributed by atoms with E-state index >= 15 is 0 Å². The van der Waals surface area contributed by atoms with Gasteiger partial charge in [0.15, 0.2) is 0 Å². The molecule has 96 valence electrons. The number of aryl methyl sites for hydroxylation is 2. The van der Waals surface area contributed by atoms with E-state index in [2.05, 4.69) is 0 Å². The van der Waals surface area contributed by atoms with Gasteiger partial charge in [-0.2, -0.15) is 4.72 Å². The molecular formula is C9H13NO5S2. The molecule has 6 nitrogen and oxygen atoms in total. The first-order valence-corrected chi connectivity index (χ1v) is 7.01. The fraction of sp³-hybridized carbons (Fsp3) is 0.444. The second kappa shape index (κ2) is 5.13. The molecule has 0 saturated heterocycles. The highest BCUT2D eigenvalue weighted by molar-refractivity contribution is 7.89. The maximum atomic E-state index is 11.9. The number of aliphatic carboxylic acids is 1. The Morgan fingerprint density at radius 1 is 1.53 bits per heavy atom. The molecule has 0 aliphatic rings. The number of sulfonamides is 1. The summed E-state index contributed by atoms with van der Waals surface area (Å²) in [4.78, 5) is 12.1. The van der Waals surface area contributed by atoms with Crippen molar-refractivity contribution < 1.29 is 23.4 Å². The monoisotopic (exact) mass is 279 g/mol. The predicted octanol–water partition coefficient (Wildman–Crippen LogP) is 0.0887. The fourth-order valence-corrected chi connectivity index (χ4v) is 4.03. The molecule has 0 fully saturated rings. The first-order valence-electron chi connectivity index (χ1n) is 4.71. The van der Waals surface area contributed by atoms with Gasteiger partial charge < -0.3 is 10.2 Å². The summed E-state index contributed by atoms with van der Waals surface area (Å²) in [7, 11) is -3.91. The smallest absolute Gasteiger partial charge is 0.324 e. The van der Waals surface area contributed by atoms with Crippen molar-refractivity contribution in [2.45, 2.75) is 24.8 Å². The second-order valence-electron chi connectivity index (χ2n) is 3.47. The Bertz CT molecular complexity index is 519. The second-order valence-corrected chi connectivity index (χ2v) is 6.62. The quantitative estimate of drug-likeness (QED) is 0.708. The summed E-state index contributed by atoms with van der Waals surface area (Å²) in [6.07, 6.45) is 0. The Morgan fingerprint density at radius 2 is 2.12 bits per heavy atom. The largest absolute Gasteiger partial charge is 0.480 e. The molecule has 0 spiro atoms. The number of carboxylic acid groups (broad SMARTS) is 1. The van der Waals surface area contributed by atoms with Gasteiger partial charge in [0.1, 0.15) is 6.04 Å². The van der Waals surface area contributed by atoms with Gasteiger partial charge >= 0.3 is 5.97 Å². The van der Waals surface area contributed by atoms with Crippen molar-refractivity contribution >= 4 is 27.3 Å². The van der Waals surface area contributed by atoms with E-state index in [4.69, 9.17) is 10.2 Å². The Balaban J connectivity index is 3.04. The van der Waals surface area contributed by atoms with Crippen LogP contribution in [-0.4, -0.2) is 37.2 Å². The van der Waals surface area contributed by atoms with Crippen LogP contribution in [0, 0.1) is 13.8 Å². The van der Waals surface area contributed by atoms with Gasteiger partial charge in [-0.05, 0) is 19.9 Å².